The predicted molar refractivity (Wildman–Crippen MR) is 136 cm³/mol. The zero-order valence-corrected chi connectivity index (χ0v) is 20.5. The number of nitrogens with zero attached hydrogens (tertiary/aromatic N) is 4. The minimum atomic E-state index is -0.898. The van der Waals surface area contributed by atoms with Crippen LogP contribution in [0.25, 0.3) is 16.6 Å². The smallest absolute Gasteiger partial charge is 0.270 e. The second-order valence-corrected chi connectivity index (χ2v) is 9.79. The Hall–Kier alpha value is -3.98. The number of rotatable bonds is 4. The van der Waals surface area contributed by atoms with Gasteiger partial charge in [0.25, 0.3) is 11.8 Å². The molecule has 0 unspecified atom stereocenters. The summed E-state index contributed by atoms with van der Waals surface area (Å²) in [5.74, 6) is -1.77. The molecule has 190 valence electrons. The number of aromatic nitrogens is 2. The van der Waals surface area contributed by atoms with Gasteiger partial charge in [0, 0.05) is 80.4 Å². The molecule has 2 aromatic carbocycles. The van der Waals surface area contributed by atoms with Crippen molar-refractivity contribution in [2.24, 2.45) is 0 Å². The highest BCUT2D eigenvalue weighted by molar-refractivity contribution is 5.99. The van der Waals surface area contributed by atoms with Crippen molar-refractivity contribution in [3.63, 3.8) is 0 Å². The molecule has 7 nitrogen and oxygen atoms in total. The van der Waals surface area contributed by atoms with Gasteiger partial charge < -0.3 is 19.4 Å². The van der Waals surface area contributed by atoms with E-state index in [-0.39, 0.29) is 11.8 Å². The average Bonchev–Trinajstić information content (AvgIpc) is 3.53. The van der Waals surface area contributed by atoms with E-state index in [1.165, 1.54) is 12.1 Å². The number of carbonyl (C=O) groups excluding carboxylic acids is 2. The van der Waals surface area contributed by atoms with Gasteiger partial charge in [0.05, 0.1) is 5.52 Å². The van der Waals surface area contributed by atoms with Crippen LogP contribution in [0.5, 0.6) is 0 Å². The van der Waals surface area contributed by atoms with Crippen molar-refractivity contribution in [2.75, 3.05) is 39.3 Å². The average molecular weight is 504 g/mol. The Morgan fingerprint density at radius 1 is 0.892 bits per heavy atom. The van der Waals surface area contributed by atoms with Crippen LogP contribution in [-0.4, -0.2) is 81.4 Å². The van der Waals surface area contributed by atoms with Crippen molar-refractivity contribution in [1.82, 2.24) is 24.3 Å². The fraction of sp³-hybridized carbons (Fsp3) is 0.286. The van der Waals surface area contributed by atoms with Crippen molar-refractivity contribution in [3.05, 3.63) is 89.4 Å². The van der Waals surface area contributed by atoms with Gasteiger partial charge in [-0.3, -0.25) is 14.5 Å². The molecule has 0 spiro atoms. The van der Waals surface area contributed by atoms with Gasteiger partial charge in [-0.2, -0.15) is 0 Å². The molecular weight excluding hydrogens is 476 g/mol. The van der Waals surface area contributed by atoms with Crippen molar-refractivity contribution < 1.29 is 18.4 Å². The number of likely N-dealkylation sites (tertiary alicyclic amines) is 1. The molecule has 2 fully saturated rings. The summed E-state index contributed by atoms with van der Waals surface area (Å²) in [5, 5.41) is 0.899. The van der Waals surface area contributed by atoms with Gasteiger partial charge in [-0.1, -0.05) is 0 Å². The van der Waals surface area contributed by atoms with E-state index in [1.54, 1.807) is 18.3 Å². The predicted octanol–water partition coefficient (Wildman–Crippen LogP) is 3.83. The lowest BCUT2D eigenvalue weighted by atomic mass is 10.0. The Bertz CT molecular complexity index is 1480. The van der Waals surface area contributed by atoms with Gasteiger partial charge in [0.1, 0.15) is 5.69 Å². The third-order valence-corrected chi connectivity index (χ3v) is 7.53. The van der Waals surface area contributed by atoms with Crippen LogP contribution in [0.3, 0.4) is 0 Å². The molecule has 0 saturated carbocycles. The van der Waals surface area contributed by atoms with E-state index < -0.39 is 11.6 Å². The summed E-state index contributed by atoms with van der Waals surface area (Å²) < 4.78 is 29.0. The minimum absolute atomic E-state index is 0.0151. The minimum Gasteiger partial charge on any atom is -0.357 e. The fourth-order valence-corrected chi connectivity index (χ4v) is 5.33. The molecule has 2 aromatic heterocycles. The number of amides is 2. The Kier molecular flexibility index (Phi) is 5.79. The van der Waals surface area contributed by atoms with Crippen molar-refractivity contribution in [1.29, 1.82) is 0 Å². The molecule has 4 heterocycles. The SMILES string of the molecule is Cc1cn(-c2ccc(F)c(F)c2)c2ccc(C(=O)N3CCN(C4CN(C(=O)c5ccc[nH]5)C4)CC3)cc12. The number of nitrogens with one attached hydrogen (secondary N) is 1. The second-order valence-electron chi connectivity index (χ2n) is 9.79. The third-order valence-electron chi connectivity index (χ3n) is 7.53. The molecule has 6 rings (SSSR count). The van der Waals surface area contributed by atoms with Gasteiger partial charge >= 0.3 is 0 Å². The maximum Gasteiger partial charge on any atom is 0.270 e. The number of fused-ring (bicyclic) bond motifs is 1. The maximum atomic E-state index is 13.8. The summed E-state index contributed by atoms with van der Waals surface area (Å²) in [6.45, 7) is 6.16. The van der Waals surface area contributed by atoms with Crippen molar-refractivity contribution >= 4 is 22.7 Å². The molecule has 0 radical (unpaired) electrons. The number of piperazine rings is 1. The highest BCUT2D eigenvalue weighted by Gasteiger charge is 2.37. The normalized spacial score (nSPS) is 16.8. The summed E-state index contributed by atoms with van der Waals surface area (Å²) in [6.07, 6.45) is 3.62. The first-order valence-corrected chi connectivity index (χ1v) is 12.4. The lowest BCUT2D eigenvalue weighted by molar-refractivity contribution is 0.00827. The summed E-state index contributed by atoms with van der Waals surface area (Å²) in [4.78, 5) is 34.8. The molecule has 2 amide bonds. The van der Waals surface area contributed by atoms with Crippen LogP contribution in [0, 0.1) is 18.6 Å². The zero-order chi connectivity index (χ0) is 25.7. The molecule has 9 heteroatoms. The van der Waals surface area contributed by atoms with E-state index in [9.17, 15) is 18.4 Å². The first-order chi connectivity index (χ1) is 17.9. The fourth-order valence-electron chi connectivity index (χ4n) is 5.33. The van der Waals surface area contributed by atoms with E-state index in [0.29, 0.717) is 49.2 Å². The zero-order valence-electron chi connectivity index (χ0n) is 20.5. The van der Waals surface area contributed by atoms with Gasteiger partial charge in [-0.25, -0.2) is 8.78 Å². The van der Waals surface area contributed by atoms with Crippen LogP contribution in [0.4, 0.5) is 8.78 Å². The molecule has 2 aliphatic heterocycles. The van der Waals surface area contributed by atoms with Gasteiger partial charge in [-0.05, 0) is 55.0 Å². The van der Waals surface area contributed by atoms with Gasteiger partial charge in [0.15, 0.2) is 11.6 Å². The Morgan fingerprint density at radius 2 is 1.68 bits per heavy atom. The van der Waals surface area contributed by atoms with Crippen LogP contribution < -0.4 is 0 Å². The standard InChI is InChI=1S/C28H27F2N5O2/c1-18-15-35(20-5-6-23(29)24(30)14-20)26-7-4-19(13-22(18)26)27(36)33-11-9-32(10-12-33)21-16-34(17-21)28(37)25-3-2-8-31-25/h2-8,13-15,21,31H,9-12,16-17H2,1H3. The first kappa shape index (κ1) is 23.4. The van der Waals surface area contributed by atoms with Crippen LogP contribution >= 0.6 is 0 Å². The number of H-pyrrole nitrogens is 1. The van der Waals surface area contributed by atoms with Crippen LogP contribution in [-0.2, 0) is 0 Å². The van der Waals surface area contributed by atoms with Gasteiger partial charge in [-0.15, -0.1) is 0 Å². The first-order valence-electron chi connectivity index (χ1n) is 12.4. The number of halogens is 2. The lowest BCUT2D eigenvalue weighted by Gasteiger charge is -2.48. The summed E-state index contributed by atoms with van der Waals surface area (Å²) >= 11 is 0. The molecule has 2 aliphatic rings. The van der Waals surface area contributed by atoms with Gasteiger partial charge in [0.2, 0.25) is 0 Å². The summed E-state index contributed by atoms with van der Waals surface area (Å²) in [7, 11) is 0. The Morgan fingerprint density at radius 3 is 2.38 bits per heavy atom. The highest BCUT2D eigenvalue weighted by Crippen LogP contribution is 2.27. The van der Waals surface area contributed by atoms with E-state index in [4.69, 9.17) is 0 Å². The van der Waals surface area contributed by atoms with E-state index in [0.717, 1.165) is 35.6 Å². The van der Waals surface area contributed by atoms with E-state index in [2.05, 4.69) is 9.88 Å². The molecule has 0 bridgehead atoms. The van der Waals surface area contributed by atoms with Crippen molar-refractivity contribution in [2.45, 2.75) is 13.0 Å². The van der Waals surface area contributed by atoms with Crippen LogP contribution in [0.1, 0.15) is 26.4 Å². The number of aromatic amines is 1. The number of benzene rings is 2. The quantitative estimate of drug-likeness (QED) is 0.461. The highest BCUT2D eigenvalue weighted by atomic mass is 19.2. The maximum absolute atomic E-state index is 13.8. The molecule has 37 heavy (non-hydrogen) atoms. The van der Waals surface area contributed by atoms with E-state index >= 15 is 0 Å². The molecule has 0 aliphatic carbocycles. The van der Waals surface area contributed by atoms with Crippen LogP contribution in [0.2, 0.25) is 0 Å². The molecule has 0 atom stereocenters. The third kappa shape index (κ3) is 4.19. The molecule has 2 saturated heterocycles. The monoisotopic (exact) mass is 503 g/mol. The number of aryl methyl sites for hydroxylation is 1. The molecule has 1 N–H and O–H groups in total. The molecular formula is C28H27F2N5O2. The summed E-state index contributed by atoms with van der Waals surface area (Å²) in [6, 6.07) is 13.3. The van der Waals surface area contributed by atoms with Crippen molar-refractivity contribution in [3.8, 4) is 5.69 Å². The number of hydrogen-bond acceptors (Lipinski definition) is 3. The largest absolute Gasteiger partial charge is 0.357 e. The second kappa shape index (κ2) is 9.15. The summed E-state index contributed by atoms with van der Waals surface area (Å²) in [5.41, 5.74) is 3.52. The van der Waals surface area contributed by atoms with E-state index in [1.807, 2.05) is 45.7 Å². The number of hydrogen-bond donors (Lipinski definition) is 1. The van der Waals surface area contributed by atoms with Crippen LogP contribution in [0.15, 0.2) is 60.9 Å². The Labute approximate surface area is 212 Å². The number of carbonyl (C=O) groups is 2. The topological polar surface area (TPSA) is 64.6 Å². The Balaban J connectivity index is 1.10. The molecule has 4 aromatic rings. The lowest BCUT2D eigenvalue weighted by Crippen LogP contribution is -2.64.